The van der Waals surface area contributed by atoms with Crippen molar-refractivity contribution >= 4 is 11.6 Å². The second kappa shape index (κ2) is 7.57. The van der Waals surface area contributed by atoms with Crippen LogP contribution in [0.1, 0.15) is 37.8 Å². The SMILES string of the molecule is CC(C)(CN)CN=C(Nc1cc(C(F)(F)F)cc(C(F)(F)F)c1)NC1CC1. The third-order valence-corrected chi connectivity index (χ3v) is 3.99. The second-order valence-electron chi connectivity index (χ2n) is 7.37. The predicted octanol–water partition coefficient (Wildman–Crippen LogP) is 4.23. The van der Waals surface area contributed by atoms with Crippen LogP contribution in [0, 0.1) is 5.41 Å². The number of rotatable bonds is 5. The van der Waals surface area contributed by atoms with E-state index in [4.69, 9.17) is 5.73 Å². The first-order valence-electron chi connectivity index (χ1n) is 8.38. The van der Waals surface area contributed by atoms with Crippen LogP contribution in [0.25, 0.3) is 0 Å². The molecule has 0 saturated heterocycles. The Kier molecular flexibility index (Phi) is 5.98. The van der Waals surface area contributed by atoms with Gasteiger partial charge in [0, 0.05) is 18.3 Å². The van der Waals surface area contributed by atoms with E-state index in [1.807, 2.05) is 13.8 Å². The Bertz CT molecular complexity index is 657. The summed E-state index contributed by atoms with van der Waals surface area (Å²) in [5.74, 6) is 0.131. The largest absolute Gasteiger partial charge is 0.416 e. The number of benzene rings is 1. The van der Waals surface area contributed by atoms with E-state index in [9.17, 15) is 26.3 Å². The quantitative estimate of drug-likeness (QED) is 0.397. The van der Waals surface area contributed by atoms with Crippen LogP contribution in [0.4, 0.5) is 32.0 Å². The van der Waals surface area contributed by atoms with E-state index in [2.05, 4.69) is 15.6 Å². The van der Waals surface area contributed by atoms with E-state index in [0.29, 0.717) is 18.7 Å². The minimum atomic E-state index is -4.90. The number of guanidine groups is 1. The van der Waals surface area contributed by atoms with Gasteiger partial charge in [0.2, 0.25) is 0 Å². The predicted molar refractivity (Wildman–Crippen MR) is 91.4 cm³/mol. The van der Waals surface area contributed by atoms with Crippen LogP contribution in [0.15, 0.2) is 23.2 Å². The number of nitrogens with one attached hydrogen (secondary N) is 2. The van der Waals surface area contributed by atoms with Crippen molar-refractivity contribution in [3.8, 4) is 0 Å². The van der Waals surface area contributed by atoms with Gasteiger partial charge in [-0.3, -0.25) is 4.99 Å². The van der Waals surface area contributed by atoms with Crippen molar-refractivity contribution in [2.45, 2.75) is 45.1 Å². The molecule has 1 saturated carbocycles. The van der Waals surface area contributed by atoms with Crippen LogP contribution in [0.2, 0.25) is 0 Å². The van der Waals surface area contributed by atoms with Crippen LogP contribution in [0.3, 0.4) is 0 Å². The fraction of sp³-hybridized carbons (Fsp3) is 0.588. The molecule has 0 radical (unpaired) electrons. The molecule has 10 heteroatoms. The molecule has 0 spiro atoms. The first kappa shape index (κ1) is 21.3. The van der Waals surface area contributed by atoms with Crippen molar-refractivity contribution in [3.63, 3.8) is 0 Å². The van der Waals surface area contributed by atoms with E-state index < -0.39 is 23.5 Å². The zero-order valence-corrected chi connectivity index (χ0v) is 14.9. The van der Waals surface area contributed by atoms with Crippen molar-refractivity contribution in [2.75, 3.05) is 18.4 Å². The molecule has 1 aliphatic carbocycles. The lowest BCUT2D eigenvalue weighted by Crippen LogP contribution is -2.35. The minimum absolute atomic E-state index is 0.0911. The van der Waals surface area contributed by atoms with Gasteiger partial charge >= 0.3 is 12.4 Å². The summed E-state index contributed by atoms with van der Waals surface area (Å²) < 4.78 is 77.9. The fourth-order valence-electron chi connectivity index (χ4n) is 2.06. The Balaban J connectivity index is 2.33. The van der Waals surface area contributed by atoms with Gasteiger partial charge in [-0.15, -0.1) is 0 Å². The summed E-state index contributed by atoms with van der Waals surface area (Å²) in [6.45, 7) is 4.31. The molecule has 27 heavy (non-hydrogen) atoms. The number of hydrogen-bond acceptors (Lipinski definition) is 2. The molecule has 1 aliphatic rings. The maximum atomic E-state index is 13.0. The Morgan fingerprint density at radius 2 is 1.56 bits per heavy atom. The van der Waals surface area contributed by atoms with Crippen LogP contribution >= 0.6 is 0 Å². The first-order chi connectivity index (χ1) is 12.3. The fourth-order valence-corrected chi connectivity index (χ4v) is 2.06. The molecule has 1 fully saturated rings. The maximum Gasteiger partial charge on any atom is 0.416 e. The highest BCUT2D eigenvalue weighted by Crippen LogP contribution is 2.37. The van der Waals surface area contributed by atoms with Gasteiger partial charge in [0.25, 0.3) is 0 Å². The van der Waals surface area contributed by atoms with Crippen LogP contribution in [0.5, 0.6) is 0 Å². The molecule has 0 bridgehead atoms. The lowest BCUT2D eigenvalue weighted by molar-refractivity contribution is -0.143. The molecule has 0 aromatic heterocycles. The molecule has 2 rings (SSSR count). The van der Waals surface area contributed by atoms with E-state index >= 15 is 0 Å². The van der Waals surface area contributed by atoms with E-state index in [-0.39, 0.29) is 35.7 Å². The van der Waals surface area contributed by atoms with Gasteiger partial charge in [-0.25, -0.2) is 0 Å². The maximum absolute atomic E-state index is 13.0. The molecule has 4 nitrogen and oxygen atoms in total. The standard InChI is InChI=1S/C17H22F6N4/c1-15(2,8-24)9-25-14(26-12-3-4-12)27-13-6-10(16(18,19)20)5-11(7-13)17(21,22)23/h5-7,12H,3-4,8-9,24H2,1-2H3,(H2,25,26,27). The van der Waals surface area contributed by atoms with Gasteiger partial charge in [-0.05, 0) is 43.0 Å². The van der Waals surface area contributed by atoms with Gasteiger partial charge in [-0.2, -0.15) is 26.3 Å². The average molecular weight is 396 g/mol. The van der Waals surface area contributed by atoms with Crippen molar-refractivity contribution in [1.82, 2.24) is 5.32 Å². The van der Waals surface area contributed by atoms with Gasteiger partial charge in [-0.1, -0.05) is 13.8 Å². The molecule has 1 aromatic carbocycles. The topological polar surface area (TPSA) is 62.4 Å². The van der Waals surface area contributed by atoms with Gasteiger partial charge in [0.05, 0.1) is 11.1 Å². The Morgan fingerprint density at radius 1 is 1.04 bits per heavy atom. The van der Waals surface area contributed by atoms with Crippen LogP contribution < -0.4 is 16.4 Å². The summed E-state index contributed by atoms with van der Waals surface area (Å²) >= 11 is 0. The number of nitrogens with two attached hydrogens (primary N) is 1. The third-order valence-electron chi connectivity index (χ3n) is 3.99. The average Bonchev–Trinajstić information content (AvgIpc) is 3.35. The summed E-state index contributed by atoms with van der Waals surface area (Å²) in [7, 11) is 0. The van der Waals surface area contributed by atoms with E-state index in [1.54, 1.807) is 0 Å². The van der Waals surface area contributed by atoms with Crippen LogP contribution in [-0.2, 0) is 12.4 Å². The molecule has 0 aliphatic heterocycles. The van der Waals surface area contributed by atoms with Gasteiger partial charge in [0.15, 0.2) is 5.96 Å². The minimum Gasteiger partial charge on any atom is -0.353 e. The molecule has 152 valence electrons. The monoisotopic (exact) mass is 396 g/mol. The number of nitrogens with zero attached hydrogens (tertiary/aromatic N) is 1. The summed E-state index contributed by atoms with van der Waals surface area (Å²) in [5, 5.41) is 5.56. The Morgan fingerprint density at radius 3 is 1.96 bits per heavy atom. The van der Waals surface area contributed by atoms with Crippen molar-refractivity contribution in [3.05, 3.63) is 29.3 Å². The summed E-state index contributed by atoms with van der Waals surface area (Å²) in [6.07, 6.45) is -8.09. The van der Waals surface area contributed by atoms with Gasteiger partial charge in [0.1, 0.15) is 0 Å². The number of anilines is 1. The van der Waals surface area contributed by atoms with Crippen molar-refractivity contribution < 1.29 is 26.3 Å². The Labute approximate surface area is 153 Å². The summed E-state index contributed by atoms with van der Waals surface area (Å²) in [6, 6.07) is 1.46. The molecule has 4 N–H and O–H groups in total. The highest BCUT2D eigenvalue weighted by Gasteiger charge is 2.37. The highest BCUT2D eigenvalue weighted by atomic mass is 19.4. The molecule has 1 aromatic rings. The number of alkyl halides is 6. The molecular formula is C17H22F6N4. The smallest absolute Gasteiger partial charge is 0.353 e. The Hall–Kier alpha value is -1.97. The number of halogens is 6. The van der Waals surface area contributed by atoms with Crippen molar-refractivity contribution in [1.29, 1.82) is 0 Å². The van der Waals surface area contributed by atoms with E-state index in [0.717, 1.165) is 12.8 Å². The lowest BCUT2D eigenvalue weighted by Gasteiger charge is -2.21. The zero-order valence-electron chi connectivity index (χ0n) is 14.9. The zero-order chi connectivity index (χ0) is 20.5. The molecule has 0 atom stereocenters. The number of hydrogen-bond donors (Lipinski definition) is 3. The van der Waals surface area contributed by atoms with Crippen LogP contribution in [-0.4, -0.2) is 25.1 Å². The highest BCUT2D eigenvalue weighted by molar-refractivity contribution is 5.94. The third kappa shape index (κ3) is 6.60. The summed E-state index contributed by atoms with van der Waals surface area (Å²) in [4.78, 5) is 4.28. The van der Waals surface area contributed by atoms with Gasteiger partial charge < -0.3 is 16.4 Å². The summed E-state index contributed by atoms with van der Waals surface area (Å²) in [5.41, 5.74) is 2.17. The van der Waals surface area contributed by atoms with E-state index in [1.165, 1.54) is 0 Å². The molecule has 0 amide bonds. The normalized spacial score (nSPS) is 16.4. The number of aliphatic imine (C=N–C) groups is 1. The lowest BCUT2D eigenvalue weighted by atomic mass is 9.94. The second-order valence-corrected chi connectivity index (χ2v) is 7.37. The van der Waals surface area contributed by atoms with Crippen molar-refractivity contribution in [2.24, 2.45) is 16.1 Å². The molecular weight excluding hydrogens is 374 g/mol. The molecule has 0 unspecified atom stereocenters. The first-order valence-corrected chi connectivity index (χ1v) is 8.38. The molecule has 0 heterocycles.